The van der Waals surface area contributed by atoms with Gasteiger partial charge in [-0.1, -0.05) is 12.1 Å². The maximum atomic E-state index is 4.41. The number of fused-ring (bicyclic) bond motifs is 2. The number of nitrogens with zero attached hydrogens (tertiary/aromatic N) is 4. The van der Waals surface area contributed by atoms with E-state index in [1.807, 2.05) is 36.0 Å². The Morgan fingerprint density at radius 3 is 3.00 bits per heavy atom. The molecule has 5 nitrogen and oxygen atoms in total. The van der Waals surface area contributed by atoms with Crippen molar-refractivity contribution >= 4 is 38.4 Å². The predicted octanol–water partition coefficient (Wildman–Crippen LogP) is 3.54. The first-order valence-electron chi connectivity index (χ1n) is 7.24. The summed E-state index contributed by atoms with van der Waals surface area (Å²) < 4.78 is 3.31. The third-order valence-corrected chi connectivity index (χ3v) is 4.55. The molecule has 3 aromatic heterocycles. The third kappa shape index (κ3) is 2.42. The van der Waals surface area contributed by atoms with Crippen LogP contribution in [0.3, 0.4) is 0 Å². The monoisotopic (exact) mass is 309 g/mol. The van der Waals surface area contributed by atoms with Gasteiger partial charge in [0.05, 0.1) is 27.6 Å². The molecule has 0 aliphatic heterocycles. The first kappa shape index (κ1) is 13.2. The van der Waals surface area contributed by atoms with Crippen LogP contribution in [0.5, 0.6) is 0 Å². The summed E-state index contributed by atoms with van der Waals surface area (Å²) in [5.41, 5.74) is 3.24. The van der Waals surface area contributed by atoms with Crippen LogP contribution in [0.4, 0.5) is 5.82 Å². The average molecular weight is 309 g/mol. The van der Waals surface area contributed by atoms with Crippen LogP contribution in [0.2, 0.25) is 0 Å². The van der Waals surface area contributed by atoms with Crippen LogP contribution in [0.15, 0.2) is 48.4 Å². The number of hydrogen-bond acceptors (Lipinski definition) is 5. The fraction of sp³-hybridized carbons (Fsp3) is 0.188. The molecule has 1 aromatic carbocycles. The molecule has 0 amide bonds. The third-order valence-electron chi connectivity index (χ3n) is 3.64. The highest BCUT2D eigenvalue weighted by atomic mass is 32.1. The number of imidazole rings is 1. The molecule has 22 heavy (non-hydrogen) atoms. The lowest BCUT2D eigenvalue weighted by Gasteiger charge is -2.07. The van der Waals surface area contributed by atoms with E-state index in [0.717, 1.165) is 41.1 Å². The van der Waals surface area contributed by atoms with Crippen LogP contribution in [-0.2, 0) is 6.54 Å². The molecule has 0 aliphatic carbocycles. The smallest absolute Gasteiger partial charge is 0.147 e. The van der Waals surface area contributed by atoms with Crippen molar-refractivity contribution < 1.29 is 0 Å². The lowest BCUT2D eigenvalue weighted by atomic mass is 10.3. The van der Waals surface area contributed by atoms with Crippen LogP contribution in [-0.4, -0.2) is 26.1 Å². The maximum Gasteiger partial charge on any atom is 0.147 e. The van der Waals surface area contributed by atoms with Crippen molar-refractivity contribution in [1.29, 1.82) is 0 Å². The van der Waals surface area contributed by atoms with Crippen LogP contribution >= 0.6 is 11.3 Å². The van der Waals surface area contributed by atoms with E-state index < -0.39 is 0 Å². The Morgan fingerprint density at radius 1 is 1.05 bits per heavy atom. The molecular formula is C16H15N5S. The van der Waals surface area contributed by atoms with E-state index >= 15 is 0 Å². The molecule has 0 unspecified atom stereocenters. The fourth-order valence-electron chi connectivity index (χ4n) is 2.56. The standard InChI is InChI=1S/C16H15N5S/c1-2-5-14-12(4-1)20-11-21(14)8-3-7-17-16-15-13(6-9-22-15)18-10-19-16/h1-2,4-6,9-11H,3,7-8H2,(H,17,18,19). The molecule has 4 rings (SSSR count). The summed E-state index contributed by atoms with van der Waals surface area (Å²) >= 11 is 1.67. The fourth-order valence-corrected chi connectivity index (χ4v) is 3.37. The maximum absolute atomic E-state index is 4.41. The number of anilines is 1. The van der Waals surface area contributed by atoms with Crippen molar-refractivity contribution in [2.75, 3.05) is 11.9 Å². The number of benzene rings is 1. The van der Waals surface area contributed by atoms with Crippen molar-refractivity contribution in [1.82, 2.24) is 19.5 Å². The quantitative estimate of drug-likeness (QED) is 0.573. The van der Waals surface area contributed by atoms with E-state index in [0.29, 0.717) is 0 Å². The molecule has 1 N–H and O–H groups in total. The van der Waals surface area contributed by atoms with E-state index in [1.165, 1.54) is 5.52 Å². The molecule has 6 heteroatoms. The zero-order valence-electron chi connectivity index (χ0n) is 11.9. The Morgan fingerprint density at radius 2 is 2.00 bits per heavy atom. The Bertz CT molecular complexity index is 911. The van der Waals surface area contributed by atoms with Gasteiger partial charge in [0.15, 0.2) is 0 Å². The average Bonchev–Trinajstić information content (AvgIpc) is 3.19. The Balaban J connectivity index is 1.40. The van der Waals surface area contributed by atoms with Gasteiger partial charge in [-0.25, -0.2) is 15.0 Å². The van der Waals surface area contributed by atoms with Crippen LogP contribution in [0.1, 0.15) is 6.42 Å². The second-order valence-corrected chi connectivity index (χ2v) is 5.98. The predicted molar refractivity (Wildman–Crippen MR) is 90.3 cm³/mol. The molecule has 0 saturated carbocycles. The van der Waals surface area contributed by atoms with Gasteiger partial charge in [-0.2, -0.15) is 0 Å². The number of hydrogen-bond donors (Lipinski definition) is 1. The summed E-state index contributed by atoms with van der Waals surface area (Å²) in [6, 6.07) is 10.2. The Hall–Kier alpha value is -2.47. The normalized spacial score (nSPS) is 11.3. The molecular weight excluding hydrogens is 294 g/mol. The van der Waals surface area contributed by atoms with E-state index in [2.05, 4.69) is 30.9 Å². The molecule has 0 saturated heterocycles. The van der Waals surface area contributed by atoms with Gasteiger partial charge in [0.1, 0.15) is 12.1 Å². The van der Waals surface area contributed by atoms with Crippen molar-refractivity contribution in [3.05, 3.63) is 48.4 Å². The second kappa shape index (κ2) is 5.73. The summed E-state index contributed by atoms with van der Waals surface area (Å²) in [5, 5.41) is 5.45. The minimum atomic E-state index is 0.872. The summed E-state index contributed by atoms with van der Waals surface area (Å²) in [6.07, 6.45) is 4.53. The summed E-state index contributed by atoms with van der Waals surface area (Å²) in [4.78, 5) is 13.0. The Labute approximate surface area is 131 Å². The molecule has 0 aliphatic rings. The van der Waals surface area contributed by atoms with Gasteiger partial charge in [-0.05, 0) is 30.0 Å². The molecule has 0 radical (unpaired) electrons. The molecule has 3 heterocycles. The summed E-state index contributed by atoms with van der Waals surface area (Å²) in [5.74, 6) is 0.926. The van der Waals surface area contributed by atoms with Gasteiger partial charge in [0.2, 0.25) is 0 Å². The molecule has 0 fully saturated rings. The first-order valence-corrected chi connectivity index (χ1v) is 8.12. The topological polar surface area (TPSA) is 55.6 Å². The van der Waals surface area contributed by atoms with Gasteiger partial charge in [-0.3, -0.25) is 0 Å². The highest BCUT2D eigenvalue weighted by Crippen LogP contribution is 2.24. The number of aryl methyl sites for hydroxylation is 1. The Kier molecular flexibility index (Phi) is 3.44. The minimum Gasteiger partial charge on any atom is -0.369 e. The number of thiophene rings is 1. The van der Waals surface area contributed by atoms with Crippen molar-refractivity contribution in [2.45, 2.75) is 13.0 Å². The van der Waals surface area contributed by atoms with Gasteiger partial charge >= 0.3 is 0 Å². The number of rotatable bonds is 5. The number of aromatic nitrogens is 4. The lowest BCUT2D eigenvalue weighted by molar-refractivity contribution is 0.677. The second-order valence-electron chi connectivity index (χ2n) is 5.06. The van der Waals surface area contributed by atoms with E-state index in [1.54, 1.807) is 17.7 Å². The first-order chi connectivity index (χ1) is 10.9. The minimum absolute atomic E-state index is 0.872. The van der Waals surface area contributed by atoms with Gasteiger partial charge in [0.25, 0.3) is 0 Å². The highest BCUT2D eigenvalue weighted by molar-refractivity contribution is 7.17. The van der Waals surface area contributed by atoms with Crippen LogP contribution in [0.25, 0.3) is 21.3 Å². The number of para-hydroxylation sites is 2. The largest absolute Gasteiger partial charge is 0.369 e. The lowest BCUT2D eigenvalue weighted by Crippen LogP contribution is -2.07. The van der Waals surface area contributed by atoms with Crippen molar-refractivity contribution in [3.63, 3.8) is 0 Å². The molecule has 110 valence electrons. The van der Waals surface area contributed by atoms with Crippen molar-refractivity contribution in [3.8, 4) is 0 Å². The van der Waals surface area contributed by atoms with E-state index in [9.17, 15) is 0 Å². The molecule has 4 aromatic rings. The van der Waals surface area contributed by atoms with Gasteiger partial charge in [-0.15, -0.1) is 11.3 Å². The van der Waals surface area contributed by atoms with Gasteiger partial charge < -0.3 is 9.88 Å². The zero-order valence-corrected chi connectivity index (χ0v) is 12.8. The van der Waals surface area contributed by atoms with Crippen molar-refractivity contribution in [2.24, 2.45) is 0 Å². The summed E-state index contributed by atoms with van der Waals surface area (Å²) in [6.45, 7) is 1.81. The van der Waals surface area contributed by atoms with Crippen LogP contribution < -0.4 is 5.32 Å². The van der Waals surface area contributed by atoms with Gasteiger partial charge in [0, 0.05) is 13.1 Å². The SMILES string of the molecule is c1ccc2c(c1)ncn2CCCNc1ncnc2ccsc12. The molecule has 0 spiro atoms. The number of nitrogens with one attached hydrogen (secondary N) is 1. The van der Waals surface area contributed by atoms with E-state index in [4.69, 9.17) is 0 Å². The van der Waals surface area contributed by atoms with E-state index in [-0.39, 0.29) is 0 Å². The highest BCUT2D eigenvalue weighted by Gasteiger charge is 2.04. The summed E-state index contributed by atoms with van der Waals surface area (Å²) in [7, 11) is 0. The molecule has 0 atom stereocenters. The molecule has 0 bridgehead atoms. The zero-order chi connectivity index (χ0) is 14.8. The van der Waals surface area contributed by atoms with Crippen LogP contribution in [0, 0.1) is 0 Å².